The lowest BCUT2D eigenvalue weighted by Gasteiger charge is -1.99. The highest BCUT2D eigenvalue weighted by atomic mass is 35.5. The Morgan fingerprint density at radius 3 is 2.10 bits per heavy atom. The van der Waals surface area contributed by atoms with Crippen molar-refractivity contribution >= 4 is 23.6 Å². The van der Waals surface area contributed by atoms with Crippen molar-refractivity contribution < 1.29 is 9.53 Å². The number of hydrogen-bond acceptors (Lipinski definition) is 2. The molecule has 0 spiro atoms. The highest BCUT2D eigenvalue weighted by Crippen LogP contribution is 2.01. The number of ether oxygens (including phenoxy) is 1. The lowest BCUT2D eigenvalue weighted by molar-refractivity contribution is 0.0526. The lowest BCUT2D eigenvalue weighted by Crippen LogP contribution is -2.03. The minimum Gasteiger partial charge on any atom is -0.462 e. The largest absolute Gasteiger partial charge is 0.462 e. The lowest BCUT2D eigenvalue weighted by atomic mass is 10.2. The third-order valence-corrected chi connectivity index (χ3v) is 2.47. The Labute approximate surface area is 124 Å². The van der Waals surface area contributed by atoms with E-state index in [2.05, 4.69) is 0 Å². The summed E-state index contributed by atoms with van der Waals surface area (Å²) in [5.41, 5.74) is 3.25. The predicted molar refractivity (Wildman–Crippen MR) is 83.7 cm³/mol. The highest BCUT2D eigenvalue weighted by Gasteiger charge is 2.02. The smallest absolute Gasteiger partial charge is 0.338 e. The second kappa shape index (κ2) is 9.82. The molecule has 2 nitrogen and oxygen atoms in total. The molecule has 2 rings (SSSR count). The monoisotopic (exact) mass is 288 g/mol. The van der Waals surface area contributed by atoms with Gasteiger partial charge in [-0.15, -0.1) is 0 Å². The summed E-state index contributed by atoms with van der Waals surface area (Å²) in [5, 5.41) is 0. The quantitative estimate of drug-likeness (QED) is 0.761. The minimum absolute atomic E-state index is 0.256. The zero-order chi connectivity index (χ0) is 14.6. The molecule has 0 saturated carbocycles. The topological polar surface area (TPSA) is 26.3 Å². The van der Waals surface area contributed by atoms with Crippen molar-refractivity contribution in [3.8, 4) is 0 Å². The van der Waals surface area contributed by atoms with Crippen molar-refractivity contribution in [2.45, 2.75) is 6.92 Å². The van der Waals surface area contributed by atoms with Gasteiger partial charge in [-0.05, 0) is 30.7 Å². The van der Waals surface area contributed by atoms with Gasteiger partial charge in [-0.2, -0.15) is 0 Å². The van der Waals surface area contributed by atoms with Crippen LogP contribution in [-0.4, -0.2) is 12.6 Å². The fourth-order valence-electron chi connectivity index (χ4n) is 1.43. The van der Waals surface area contributed by atoms with Gasteiger partial charge in [0.2, 0.25) is 0 Å². The molecule has 3 heteroatoms. The Morgan fingerprint density at radius 2 is 1.60 bits per heavy atom. The van der Waals surface area contributed by atoms with Crippen LogP contribution in [0.1, 0.15) is 22.8 Å². The SMILES string of the molecule is CCOC(=O)c1ccccc1.ClC=Cc1ccccc1. The van der Waals surface area contributed by atoms with E-state index in [9.17, 15) is 4.79 Å². The molecule has 0 amide bonds. The molecule has 0 radical (unpaired) electrons. The number of esters is 1. The Kier molecular flexibility index (Phi) is 7.85. The van der Waals surface area contributed by atoms with Gasteiger partial charge in [0.25, 0.3) is 0 Å². The molecule has 104 valence electrons. The molecule has 0 heterocycles. The molecule has 0 N–H and O–H groups in total. The molecule has 0 bridgehead atoms. The average molecular weight is 289 g/mol. The number of benzene rings is 2. The first-order valence-electron chi connectivity index (χ1n) is 6.32. The van der Waals surface area contributed by atoms with Crippen LogP contribution >= 0.6 is 11.6 Å². The molecule has 0 aliphatic carbocycles. The van der Waals surface area contributed by atoms with Gasteiger partial charge < -0.3 is 4.74 Å². The van der Waals surface area contributed by atoms with Gasteiger partial charge in [-0.1, -0.05) is 60.1 Å². The van der Waals surface area contributed by atoms with E-state index in [0.29, 0.717) is 12.2 Å². The van der Waals surface area contributed by atoms with Crippen molar-refractivity contribution in [3.05, 3.63) is 77.3 Å². The molecule has 20 heavy (non-hydrogen) atoms. The predicted octanol–water partition coefficient (Wildman–Crippen LogP) is 4.76. The van der Waals surface area contributed by atoms with Crippen LogP contribution in [0, 0.1) is 0 Å². The number of rotatable bonds is 3. The second-order valence-corrected chi connectivity index (χ2v) is 4.04. The van der Waals surface area contributed by atoms with Crippen molar-refractivity contribution in [2.24, 2.45) is 0 Å². The molecule has 0 unspecified atom stereocenters. The molecule has 0 fully saturated rings. The van der Waals surface area contributed by atoms with Crippen LogP contribution in [0.15, 0.2) is 66.2 Å². The summed E-state index contributed by atoms with van der Waals surface area (Å²) in [7, 11) is 0. The van der Waals surface area contributed by atoms with E-state index in [4.69, 9.17) is 16.3 Å². The van der Waals surface area contributed by atoms with E-state index < -0.39 is 0 Å². The van der Waals surface area contributed by atoms with Crippen LogP contribution in [-0.2, 0) is 4.74 Å². The summed E-state index contributed by atoms with van der Waals surface area (Å²) in [4.78, 5) is 11.0. The summed E-state index contributed by atoms with van der Waals surface area (Å²) in [5.74, 6) is -0.256. The molecule has 2 aromatic carbocycles. The van der Waals surface area contributed by atoms with E-state index in [0.717, 1.165) is 5.56 Å². The Morgan fingerprint density at radius 1 is 1.05 bits per heavy atom. The van der Waals surface area contributed by atoms with E-state index >= 15 is 0 Å². The van der Waals surface area contributed by atoms with Crippen LogP contribution in [0.3, 0.4) is 0 Å². The van der Waals surface area contributed by atoms with Crippen LogP contribution in [0.5, 0.6) is 0 Å². The van der Waals surface area contributed by atoms with Gasteiger partial charge in [0.15, 0.2) is 0 Å². The summed E-state index contributed by atoms with van der Waals surface area (Å²) < 4.78 is 4.79. The highest BCUT2D eigenvalue weighted by molar-refractivity contribution is 6.27. The maximum Gasteiger partial charge on any atom is 0.338 e. The van der Waals surface area contributed by atoms with Gasteiger partial charge in [0, 0.05) is 5.54 Å². The van der Waals surface area contributed by atoms with Gasteiger partial charge in [0.05, 0.1) is 12.2 Å². The van der Waals surface area contributed by atoms with Gasteiger partial charge in [-0.25, -0.2) is 4.79 Å². The van der Waals surface area contributed by atoms with Crippen LogP contribution in [0.2, 0.25) is 0 Å². The van der Waals surface area contributed by atoms with Crippen molar-refractivity contribution in [2.75, 3.05) is 6.61 Å². The zero-order valence-electron chi connectivity index (χ0n) is 11.3. The number of carbonyl (C=O) groups excluding carboxylic acids is 1. The third kappa shape index (κ3) is 6.21. The van der Waals surface area contributed by atoms with Gasteiger partial charge in [-0.3, -0.25) is 0 Å². The normalized spacial score (nSPS) is 9.70. The molecule has 2 aromatic rings. The number of halogens is 1. The Bertz CT molecular complexity index is 521. The van der Waals surface area contributed by atoms with Crippen LogP contribution < -0.4 is 0 Å². The molecule has 0 aromatic heterocycles. The Balaban J connectivity index is 0.000000204. The number of carbonyl (C=O) groups is 1. The molecule has 0 atom stereocenters. The Hall–Kier alpha value is -2.06. The summed E-state index contributed by atoms with van der Waals surface area (Å²) >= 11 is 5.36. The van der Waals surface area contributed by atoms with E-state index in [1.807, 2.05) is 54.6 Å². The van der Waals surface area contributed by atoms with Crippen LogP contribution in [0.25, 0.3) is 6.08 Å². The van der Waals surface area contributed by atoms with Crippen molar-refractivity contribution in [1.82, 2.24) is 0 Å². The van der Waals surface area contributed by atoms with Crippen molar-refractivity contribution in [3.63, 3.8) is 0 Å². The molecule has 0 saturated heterocycles. The van der Waals surface area contributed by atoms with Gasteiger partial charge in [0.1, 0.15) is 0 Å². The van der Waals surface area contributed by atoms with E-state index in [-0.39, 0.29) is 5.97 Å². The molecular formula is C17H17ClO2. The zero-order valence-corrected chi connectivity index (χ0v) is 12.1. The summed E-state index contributed by atoms with van der Waals surface area (Å²) in [6.45, 7) is 2.22. The van der Waals surface area contributed by atoms with E-state index in [1.54, 1.807) is 19.1 Å². The van der Waals surface area contributed by atoms with E-state index in [1.165, 1.54) is 5.54 Å². The van der Waals surface area contributed by atoms with Crippen molar-refractivity contribution in [1.29, 1.82) is 0 Å². The summed E-state index contributed by atoms with van der Waals surface area (Å²) in [6.07, 6.45) is 1.85. The maximum absolute atomic E-state index is 11.0. The first kappa shape index (κ1) is 16.0. The standard InChI is InChI=1S/C9H10O2.C8H7Cl/c1-2-11-9(10)8-6-4-3-5-7-8;9-7-6-8-4-2-1-3-5-8/h3-7H,2H2,1H3;1-7H. The third-order valence-electron chi connectivity index (χ3n) is 2.34. The first-order valence-corrected chi connectivity index (χ1v) is 6.75. The maximum atomic E-state index is 11.0. The minimum atomic E-state index is -0.256. The molecule has 0 aliphatic rings. The number of hydrogen-bond donors (Lipinski definition) is 0. The summed E-state index contributed by atoms with van der Waals surface area (Å²) in [6, 6.07) is 18.9. The van der Waals surface area contributed by atoms with Crippen LogP contribution in [0.4, 0.5) is 0 Å². The second-order valence-electron chi connectivity index (χ2n) is 3.79. The first-order chi connectivity index (χ1) is 9.77. The average Bonchev–Trinajstić information content (AvgIpc) is 2.50. The van der Waals surface area contributed by atoms with Gasteiger partial charge >= 0.3 is 5.97 Å². The fraction of sp³-hybridized carbons (Fsp3) is 0.118. The molecular weight excluding hydrogens is 272 g/mol. The molecule has 0 aliphatic heterocycles. The fourth-order valence-corrected chi connectivity index (χ4v) is 1.57.